The Morgan fingerprint density at radius 1 is 1.31 bits per heavy atom. The average molecular weight is 405 g/mol. The van der Waals surface area contributed by atoms with Gasteiger partial charge in [-0.15, -0.1) is 0 Å². The van der Waals surface area contributed by atoms with Gasteiger partial charge in [-0.25, -0.2) is 0 Å². The van der Waals surface area contributed by atoms with Crippen LogP contribution in [0.5, 0.6) is 0 Å². The predicted molar refractivity (Wildman–Crippen MR) is 111 cm³/mol. The fourth-order valence-electron chi connectivity index (χ4n) is 5.07. The molecule has 2 aliphatic carbocycles. The molecule has 0 radical (unpaired) electrons. The van der Waals surface area contributed by atoms with Crippen LogP contribution in [0.1, 0.15) is 66.2 Å². The number of aliphatic hydroxyl groups excluding tert-OH is 1. The normalized spacial score (nSPS) is 37.9. The summed E-state index contributed by atoms with van der Waals surface area (Å²) in [5.41, 5.74) is 1.27. The van der Waals surface area contributed by atoms with E-state index in [1.807, 2.05) is 13.8 Å². The van der Waals surface area contributed by atoms with Crippen molar-refractivity contribution in [2.75, 3.05) is 0 Å². The Morgan fingerprint density at radius 2 is 2.07 bits per heavy atom. The maximum Gasteiger partial charge on any atom is 0.308 e. The summed E-state index contributed by atoms with van der Waals surface area (Å²) in [6.45, 7) is 8.33. The molecule has 3 aliphatic rings. The smallest absolute Gasteiger partial charge is 0.308 e. The fraction of sp³-hybridized carbons (Fsp3) is 0.750. The second kappa shape index (κ2) is 9.46. The summed E-state index contributed by atoms with van der Waals surface area (Å²) >= 11 is 0. The second-order valence-corrected chi connectivity index (χ2v) is 9.36. The molecule has 5 nitrogen and oxygen atoms in total. The van der Waals surface area contributed by atoms with Gasteiger partial charge in [-0.2, -0.15) is 0 Å². The van der Waals surface area contributed by atoms with Crippen molar-refractivity contribution in [3.8, 4) is 0 Å². The third-order valence-corrected chi connectivity index (χ3v) is 6.93. The van der Waals surface area contributed by atoms with Crippen molar-refractivity contribution in [1.82, 2.24) is 0 Å². The van der Waals surface area contributed by atoms with Gasteiger partial charge in [0.05, 0.1) is 18.4 Å². The second-order valence-electron chi connectivity index (χ2n) is 9.36. The Bertz CT molecular complexity index is 666. The van der Waals surface area contributed by atoms with E-state index in [-0.39, 0.29) is 42.4 Å². The summed E-state index contributed by atoms with van der Waals surface area (Å²) in [4.78, 5) is 24.2. The zero-order valence-corrected chi connectivity index (χ0v) is 18.2. The molecule has 0 aromatic rings. The van der Waals surface area contributed by atoms with Crippen LogP contribution in [0.15, 0.2) is 23.8 Å². The quantitative estimate of drug-likeness (QED) is 0.672. The SMILES string of the molecule is CCC(C)C(=O)OC1CC(C)C=C2C=C[C@H](C)[C@H](CC[C@H]3CC(O)CC(=O)O3)C21. The summed E-state index contributed by atoms with van der Waals surface area (Å²) in [7, 11) is 0. The molecule has 1 fully saturated rings. The van der Waals surface area contributed by atoms with Crippen molar-refractivity contribution in [3.63, 3.8) is 0 Å². The fourth-order valence-corrected chi connectivity index (χ4v) is 5.07. The van der Waals surface area contributed by atoms with Crippen molar-refractivity contribution >= 4 is 11.9 Å². The van der Waals surface area contributed by atoms with E-state index in [0.717, 1.165) is 25.7 Å². The molecule has 0 aromatic heterocycles. The number of fused-ring (bicyclic) bond motifs is 1. The van der Waals surface area contributed by atoms with E-state index < -0.39 is 6.10 Å². The van der Waals surface area contributed by atoms with E-state index in [1.54, 1.807) is 0 Å². The van der Waals surface area contributed by atoms with Gasteiger partial charge in [0.15, 0.2) is 0 Å². The first-order valence-corrected chi connectivity index (χ1v) is 11.3. The summed E-state index contributed by atoms with van der Waals surface area (Å²) in [6, 6.07) is 0. The summed E-state index contributed by atoms with van der Waals surface area (Å²) in [6.07, 6.45) is 9.70. The molecule has 1 N–H and O–H groups in total. The monoisotopic (exact) mass is 404 g/mol. The van der Waals surface area contributed by atoms with Crippen LogP contribution in [0.25, 0.3) is 0 Å². The Labute approximate surface area is 174 Å². The van der Waals surface area contributed by atoms with E-state index in [2.05, 4.69) is 32.1 Å². The molecule has 0 amide bonds. The lowest BCUT2D eigenvalue weighted by Crippen LogP contribution is -2.42. The molecule has 162 valence electrons. The molecule has 0 saturated carbocycles. The van der Waals surface area contributed by atoms with Crippen molar-refractivity contribution in [2.45, 2.75) is 84.5 Å². The molecule has 29 heavy (non-hydrogen) atoms. The van der Waals surface area contributed by atoms with Gasteiger partial charge in [0, 0.05) is 12.3 Å². The third kappa shape index (κ3) is 5.30. The van der Waals surface area contributed by atoms with Crippen LogP contribution in [0.4, 0.5) is 0 Å². The average Bonchev–Trinajstić information content (AvgIpc) is 2.65. The van der Waals surface area contributed by atoms with Crippen LogP contribution in [-0.2, 0) is 19.1 Å². The molecule has 0 spiro atoms. The van der Waals surface area contributed by atoms with Gasteiger partial charge < -0.3 is 14.6 Å². The van der Waals surface area contributed by atoms with Crippen LogP contribution in [0.2, 0.25) is 0 Å². The zero-order chi connectivity index (χ0) is 21.1. The lowest BCUT2D eigenvalue weighted by molar-refractivity contribution is -0.162. The number of allylic oxidation sites excluding steroid dienone is 3. The Kier molecular flexibility index (Phi) is 7.20. The van der Waals surface area contributed by atoms with Crippen LogP contribution in [-0.4, -0.2) is 35.4 Å². The first kappa shape index (κ1) is 22.1. The van der Waals surface area contributed by atoms with Crippen molar-refractivity contribution in [1.29, 1.82) is 0 Å². The maximum absolute atomic E-state index is 12.5. The highest BCUT2D eigenvalue weighted by molar-refractivity contribution is 5.72. The molecule has 0 bridgehead atoms. The van der Waals surface area contributed by atoms with Gasteiger partial charge in [-0.3, -0.25) is 9.59 Å². The first-order valence-electron chi connectivity index (χ1n) is 11.3. The Hall–Kier alpha value is -1.62. The van der Waals surface area contributed by atoms with Gasteiger partial charge in [-0.1, -0.05) is 45.9 Å². The minimum atomic E-state index is -0.597. The summed E-state index contributed by atoms with van der Waals surface area (Å²) in [5.74, 6) is 0.755. The molecular weight excluding hydrogens is 368 g/mol. The molecule has 0 aromatic carbocycles. The largest absolute Gasteiger partial charge is 0.462 e. The van der Waals surface area contributed by atoms with Crippen molar-refractivity contribution in [2.24, 2.45) is 29.6 Å². The summed E-state index contributed by atoms with van der Waals surface area (Å²) in [5, 5.41) is 9.89. The minimum Gasteiger partial charge on any atom is -0.462 e. The first-order chi connectivity index (χ1) is 13.8. The molecule has 5 heteroatoms. The third-order valence-electron chi connectivity index (χ3n) is 6.93. The van der Waals surface area contributed by atoms with Gasteiger partial charge in [-0.05, 0) is 49.0 Å². The van der Waals surface area contributed by atoms with E-state index >= 15 is 0 Å². The topological polar surface area (TPSA) is 72.8 Å². The zero-order valence-electron chi connectivity index (χ0n) is 18.2. The lowest BCUT2D eigenvalue weighted by atomic mass is 9.65. The Morgan fingerprint density at radius 3 is 2.76 bits per heavy atom. The molecule has 1 saturated heterocycles. The highest BCUT2D eigenvalue weighted by Crippen LogP contribution is 2.45. The van der Waals surface area contributed by atoms with Crippen LogP contribution in [0, 0.1) is 29.6 Å². The number of hydrogen-bond donors (Lipinski definition) is 1. The summed E-state index contributed by atoms with van der Waals surface area (Å²) < 4.78 is 11.5. The van der Waals surface area contributed by atoms with Crippen LogP contribution < -0.4 is 0 Å². The molecule has 5 unspecified atom stereocenters. The van der Waals surface area contributed by atoms with Crippen LogP contribution >= 0.6 is 0 Å². The highest BCUT2D eigenvalue weighted by Gasteiger charge is 2.42. The van der Waals surface area contributed by atoms with Gasteiger partial charge in [0.25, 0.3) is 0 Å². The van der Waals surface area contributed by atoms with Gasteiger partial charge in [0.1, 0.15) is 12.2 Å². The van der Waals surface area contributed by atoms with E-state index in [9.17, 15) is 14.7 Å². The van der Waals surface area contributed by atoms with E-state index in [0.29, 0.717) is 24.2 Å². The number of carbonyl (C=O) groups excluding carboxylic acids is 2. The number of aliphatic hydroxyl groups is 1. The molecular formula is C24H36O5. The Balaban J connectivity index is 1.74. The van der Waals surface area contributed by atoms with E-state index in [1.165, 1.54) is 5.57 Å². The number of hydrogen-bond acceptors (Lipinski definition) is 5. The minimum absolute atomic E-state index is 0.0854. The maximum atomic E-state index is 12.5. The number of carbonyl (C=O) groups is 2. The van der Waals surface area contributed by atoms with Gasteiger partial charge in [0.2, 0.25) is 0 Å². The number of esters is 2. The number of rotatable bonds is 6. The molecule has 3 rings (SSSR count). The molecule has 1 aliphatic heterocycles. The standard InChI is InChI=1S/C24H36O5/c1-5-15(3)24(27)29-21-11-14(2)10-17-7-6-16(4)20(23(17)21)9-8-19-12-18(25)13-22(26)28-19/h6-7,10,14-16,18-21,23,25H,5,8-9,11-13H2,1-4H3/t14?,15?,16-,18?,19-,20-,21?,23?/m0/s1. The van der Waals surface area contributed by atoms with Gasteiger partial charge >= 0.3 is 11.9 Å². The highest BCUT2D eigenvalue weighted by atomic mass is 16.5. The predicted octanol–water partition coefficient (Wildman–Crippen LogP) is 4.20. The molecule has 8 atom stereocenters. The number of cyclic esters (lactones) is 1. The molecule has 1 heterocycles. The van der Waals surface area contributed by atoms with E-state index in [4.69, 9.17) is 9.47 Å². The van der Waals surface area contributed by atoms with Crippen LogP contribution in [0.3, 0.4) is 0 Å². The number of ether oxygens (including phenoxy) is 2. The van der Waals surface area contributed by atoms with Crippen molar-refractivity contribution in [3.05, 3.63) is 23.8 Å². The lowest BCUT2D eigenvalue weighted by Gasteiger charge is -2.43. The van der Waals surface area contributed by atoms with Crippen molar-refractivity contribution < 1.29 is 24.2 Å².